The molecule has 0 saturated heterocycles. The van der Waals surface area contributed by atoms with Crippen LogP contribution in [0.3, 0.4) is 0 Å². The zero-order valence-electron chi connectivity index (χ0n) is 14.4. The molecule has 0 fully saturated rings. The van der Waals surface area contributed by atoms with Crippen molar-refractivity contribution in [3.05, 3.63) is 70.8 Å². The van der Waals surface area contributed by atoms with Gasteiger partial charge in [-0.15, -0.1) is 0 Å². The molecule has 0 atom stereocenters. The fraction of sp³-hybridized carbons (Fsp3) is 0.300. The van der Waals surface area contributed by atoms with Crippen molar-refractivity contribution in [2.45, 2.75) is 32.9 Å². The SMILES string of the molecule is CCCCNC(=O)c1ccc(CNCc2ccc(C(=O)O)cc2)cc1. The Balaban J connectivity index is 1.79. The Hall–Kier alpha value is -2.66. The number of unbranched alkanes of at least 4 members (excludes halogenated alkanes) is 1. The van der Waals surface area contributed by atoms with E-state index in [1.165, 1.54) is 0 Å². The molecule has 5 heteroatoms. The van der Waals surface area contributed by atoms with Gasteiger partial charge in [0.25, 0.3) is 5.91 Å². The standard InChI is InChI=1S/C20H24N2O3/c1-2-3-12-22-19(23)17-8-4-15(5-9-17)13-21-14-16-6-10-18(11-7-16)20(24)25/h4-11,21H,2-3,12-14H2,1H3,(H,22,23)(H,24,25). The molecule has 0 bridgehead atoms. The second-order valence-electron chi connectivity index (χ2n) is 5.91. The molecular formula is C20H24N2O3. The van der Waals surface area contributed by atoms with Gasteiger partial charge in [0.15, 0.2) is 0 Å². The summed E-state index contributed by atoms with van der Waals surface area (Å²) in [6, 6.07) is 14.4. The van der Waals surface area contributed by atoms with Crippen molar-refractivity contribution in [2.75, 3.05) is 6.54 Å². The van der Waals surface area contributed by atoms with E-state index in [-0.39, 0.29) is 11.5 Å². The maximum atomic E-state index is 11.9. The highest BCUT2D eigenvalue weighted by Gasteiger charge is 2.05. The molecule has 0 saturated carbocycles. The highest BCUT2D eigenvalue weighted by atomic mass is 16.4. The van der Waals surface area contributed by atoms with Crippen LogP contribution in [0.2, 0.25) is 0 Å². The van der Waals surface area contributed by atoms with E-state index in [1.54, 1.807) is 24.3 Å². The van der Waals surface area contributed by atoms with Gasteiger partial charge in [0.1, 0.15) is 0 Å². The topological polar surface area (TPSA) is 78.4 Å². The van der Waals surface area contributed by atoms with Gasteiger partial charge in [0.2, 0.25) is 0 Å². The quantitative estimate of drug-likeness (QED) is 0.613. The molecule has 5 nitrogen and oxygen atoms in total. The van der Waals surface area contributed by atoms with Crippen LogP contribution in [0.4, 0.5) is 0 Å². The average molecular weight is 340 g/mol. The van der Waals surface area contributed by atoms with Crippen LogP contribution in [-0.2, 0) is 13.1 Å². The van der Waals surface area contributed by atoms with Crippen LogP contribution in [0.5, 0.6) is 0 Å². The third-order valence-corrected chi connectivity index (χ3v) is 3.89. The van der Waals surface area contributed by atoms with Crippen LogP contribution < -0.4 is 10.6 Å². The van der Waals surface area contributed by atoms with E-state index < -0.39 is 5.97 Å². The van der Waals surface area contributed by atoms with Gasteiger partial charge in [-0.1, -0.05) is 37.6 Å². The van der Waals surface area contributed by atoms with Crippen LogP contribution in [0.15, 0.2) is 48.5 Å². The molecule has 132 valence electrons. The van der Waals surface area contributed by atoms with Crippen LogP contribution in [0.1, 0.15) is 51.6 Å². The Kier molecular flexibility index (Phi) is 7.16. The van der Waals surface area contributed by atoms with Gasteiger partial charge in [-0.25, -0.2) is 4.79 Å². The summed E-state index contributed by atoms with van der Waals surface area (Å²) in [7, 11) is 0. The molecule has 2 aromatic carbocycles. The first-order chi connectivity index (χ1) is 12.1. The lowest BCUT2D eigenvalue weighted by Crippen LogP contribution is -2.24. The Morgan fingerprint density at radius 2 is 1.40 bits per heavy atom. The van der Waals surface area contributed by atoms with E-state index >= 15 is 0 Å². The lowest BCUT2D eigenvalue weighted by atomic mass is 10.1. The summed E-state index contributed by atoms with van der Waals surface area (Å²) in [5.41, 5.74) is 3.07. The molecule has 0 aromatic heterocycles. The summed E-state index contributed by atoms with van der Waals surface area (Å²) in [5.74, 6) is -0.954. The van der Waals surface area contributed by atoms with E-state index in [4.69, 9.17) is 5.11 Å². The zero-order chi connectivity index (χ0) is 18.1. The van der Waals surface area contributed by atoms with Gasteiger partial charge >= 0.3 is 5.97 Å². The largest absolute Gasteiger partial charge is 0.478 e. The summed E-state index contributed by atoms with van der Waals surface area (Å²) >= 11 is 0. The average Bonchev–Trinajstić information content (AvgIpc) is 2.63. The predicted molar refractivity (Wildman–Crippen MR) is 97.6 cm³/mol. The Labute approximate surface area is 148 Å². The molecule has 0 aliphatic heterocycles. The number of nitrogens with one attached hydrogen (secondary N) is 2. The smallest absolute Gasteiger partial charge is 0.335 e. The third-order valence-electron chi connectivity index (χ3n) is 3.89. The fourth-order valence-electron chi connectivity index (χ4n) is 2.37. The second-order valence-corrected chi connectivity index (χ2v) is 5.91. The van der Waals surface area contributed by atoms with Crippen LogP contribution >= 0.6 is 0 Å². The maximum Gasteiger partial charge on any atom is 0.335 e. The van der Waals surface area contributed by atoms with Crippen LogP contribution in [0, 0.1) is 0 Å². The number of rotatable bonds is 9. The summed E-state index contributed by atoms with van der Waals surface area (Å²) in [4.78, 5) is 22.8. The lowest BCUT2D eigenvalue weighted by molar-refractivity contribution is 0.0696. The van der Waals surface area contributed by atoms with Crippen molar-refractivity contribution in [2.24, 2.45) is 0 Å². The summed E-state index contributed by atoms with van der Waals surface area (Å²) in [5, 5.41) is 15.1. The number of carbonyl (C=O) groups is 2. The molecule has 2 aromatic rings. The molecule has 3 N–H and O–H groups in total. The van der Waals surface area contributed by atoms with E-state index in [9.17, 15) is 9.59 Å². The summed E-state index contributed by atoms with van der Waals surface area (Å²) in [6.07, 6.45) is 2.05. The molecule has 0 aliphatic rings. The van der Waals surface area contributed by atoms with Gasteiger partial charge in [-0.2, -0.15) is 0 Å². The van der Waals surface area contributed by atoms with Crippen molar-refractivity contribution in [1.29, 1.82) is 0 Å². The summed E-state index contributed by atoms with van der Waals surface area (Å²) in [6.45, 7) is 4.13. The molecule has 0 spiro atoms. The van der Waals surface area contributed by atoms with Gasteiger partial charge in [-0.05, 0) is 41.8 Å². The number of benzene rings is 2. The van der Waals surface area contributed by atoms with E-state index in [0.29, 0.717) is 25.2 Å². The van der Waals surface area contributed by atoms with Crippen molar-refractivity contribution in [3.63, 3.8) is 0 Å². The maximum absolute atomic E-state index is 11.9. The van der Waals surface area contributed by atoms with Crippen molar-refractivity contribution in [3.8, 4) is 0 Å². The monoisotopic (exact) mass is 340 g/mol. The van der Waals surface area contributed by atoms with Gasteiger partial charge in [0, 0.05) is 25.2 Å². The molecule has 2 rings (SSSR count). The predicted octanol–water partition coefficient (Wildman–Crippen LogP) is 3.20. The van der Waals surface area contributed by atoms with E-state index in [2.05, 4.69) is 17.6 Å². The van der Waals surface area contributed by atoms with Crippen LogP contribution in [0.25, 0.3) is 0 Å². The normalized spacial score (nSPS) is 10.4. The molecule has 1 amide bonds. The number of carboxylic acid groups (broad SMARTS) is 1. The van der Waals surface area contributed by atoms with Gasteiger partial charge in [-0.3, -0.25) is 4.79 Å². The van der Waals surface area contributed by atoms with Crippen molar-refractivity contribution in [1.82, 2.24) is 10.6 Å². The lowest BCUT2D eigenvalue weighted by Gasteiger charge is -2.07. The Morgan fingerprint density at radius 3 is 1.88 bits per heavy atom. The zero-order valence-corrected chi connectivity index (χ0v) is 14.4. The third kappa shape index (κ3) is 6.04. The first-order valence-corrected chi connectivity index (χ1v) is 8.50. The molecule has 0 aliphatic carbocycles. The number of aromatic carboxylic acids is 1. The molecule has 25 heavy (non-hydrogen) atoms. The number of hydrogen-bond donors (Lipinski definition) is 3. The number of amides is 1. The minimum Gasteiger partial charge on any atom is -0.478 e. The molecule has 0 radical (unpaired) electrons. The van der Waals surface area contributed by atoms with E-state index in [0.717, 1.165) is 24.0 Å². The van der Waals surface area contributed by atoms with Crippen molar-refractivity contribution < 1.29 is 14.7 Å². The Bertz CT molecular complexity index is 694. The van der Waals surface area contributed by atoms with E-state index in [1.807, 2.05) is 24.3 Å². The minimum atomic E-state index is -0.918. The summed E-state index contributed by atoms with van der Waals surface area (Å²) < 4.78 is 0. The van der Waals surface area contributed by atoms with Gasteiger partial charge in [0.05, 0.1) is 5.56 Å². The molecular weight excluding hydrogens is 316 g/mol. The van der Waals surface area contributed by atoms with Gasteiger partial charge < -0.3 is 15.7 Å². The minimum absolute atomic E-state index is 0.0357. The fourth-order valence-corrected chi connectivity index (χ4v) is 2.37. The Morgan fingerprint density at radius 1 is 0.880 bits per heavy atom. The number of carboxylic acids is 1. The highest BCUT2D eigenvalue weighted by Crippen LogP contribution is 2.07. The first-order valence-electron chi connectivity index (χ1n) is 8.50. The molecule has 0 unspecified atom stereocenters. The first kappa shape index (κ1) is 18.7. The number of hydrogen-bond acceptors (Lipinski definition) is 3. The van der Waals surface area contributed by atoms with Crippen molar-refractivity contribution >= 4 is 11.9 Å². The number of carbonyl (C=O) groups excluding carboxylic acids is 1. The second kappa shape index (κ2) is 9.59. The highest BCUT2D eigenvalue weighted by molar-refractivity contribution is 5.94. The molecule has 0 heterocycles. The van der Waals surface area contributed by atoms with Crippen LogP contribution in [-0.4, -0.2) is 23.5 Å².